The second-order valence-corrected chi connectivity index (χ2v) is 8.03. The van der Waals surface area contributed by atoms with Gasteiger partial charge in [-0.2, -0.15) is 0 Å². The molecule has 0 N–H and O–H groups in total. The minimum Gasteiger partial charge on any atom is -0.293 e. The van der Waals surface area contributed by atoms with Crippen LogP contribution < -0.4 is 0 Å². The molecule has 0 bridgehead atoms. The van der Waals surface area contributed by atoms with E-state index in [1.165, 1.54) is 42.3 Å². The highest BCUT2D eigenvalue weighted by atomic mass is 79.9. The monoisotopic (exact) mass is 369 g/mol. The zero-order chi connectivity index (χ0) is 15.8. The van der Waals surface area contributed by atoms with Gasteiger partial charge in [-0.05, 0) is 73.9 Å². The highest BCUT2D eigenvalue weighted by Gasteiger charge is 2.37. The second-order valence-electron chi connectivity index (χ2n) is 7.12. The first kappa shape index (κ1) is 15.4. The number of hydrogen-bond acceptors (Lipinski definition) is 1. The summed E-state index contributed by atoms with van der Waals surface area (Å²) in [4.78, 5) is 2.77. The third-order valence-electron chi connectivity index (χ3n) is 5.82. The van der Waals surface area contributed by atoms with Crippen LogP contribution in [0.4, 0.5) is 0 Å². The molecule has 2 heteroatoms. The van der Waals surface area contributed by atoms with Crippen molar-refractivity contribution in [1.29, 1.82) is 0 Å². The van der Waals surface area contributed by atoms with Gasteiger partial charge in [0.25, 0.3) is 0 Å². The van der Waals surface area contributed by atoms with Crippen LogP contribution in [0.2, 0.25) is 0 Å². The Balaban J connectivity index is 1.62. The predicted octanol–water partition coefficient (Wildman–Crippen LogP) is 5.39. The van der Waals surface area contributed by atoms with Gasteiger partial charge in [0.15, 0.2) is 0 Å². The van der Waals surface area contributed by atoms with Gasteiger partial charge in [0.05, 0.1) is 0 Å². The first-order valence-electron chi connectivity index (χ1n) is 8.80. The Morgan fingerprint density at radius 1 is 1.04 bits per heavy atom. The van der Waals surface area contributed by atoms with Gasteiger partial charge in [0.2, 0.25) is 0 Å². The average molecular weight is 370 g/mol. The number of fused-ring (bicyclic) bond motifs is 2. The standard InChI is InChI=1S/C21H24BrN/c1-15(16-8-4-10-20(22)13-16)23-11-5-9-19-12-17-6-2-3-7-18(17)14-21(19)23/h2-4,6-8,10,13,15,19,21H,5,9,11-12,14H2,1H3. The maximum atomic E-state index is 3.63. The zero-order valence-corrected chi connectivity index (χ0v) is 15.3. The summed E-state index contributed by atoms with van der Waals surface area (Å²) in [6, 6.07) is 19.1. The van der Waals surface area contributed by atoms with Gasteiger partial charge in [0.1, 0.15) is 0 Å². The molecule has 4 rings (SSSR count). The number of rotatable bonds is 2. The molecule has 0 aromatic heterocycles. The molecule has 2 aromatic carbocycles. The normalized spacial score (nSPS) is 25.5. The topological polar surface area (TPSA) is 3.24 Å². The first-order valence-corrected chi connectivity index (χ1v) is 9.59. The van der Waals surface area contributed by atoms with E-state index in [4.69, 9.17) is 0 Å². The van der Waals surface area contributed by atoms with Crippen LogP contribution in [0.15, 0.2) is 53.0 Å². The molecular formula is C21H24BrN. The molecule has 0 saturated carbocycles. The van der Waals surface area contributed by atoms with Gasteiger partial charge >= 0.3 is 0 Å². The van der Waals surface area contributed by atoms with Crippen molar-refractivity contribution in [3.8, 4) is 0 Å². The second kappa shape index (κ2) is 6.41. The molecule has 23 heavy (non-hydrogen) atoms. The lowest BCUT2D eigenvalue weighted by Crippen LogP contribution is -2.50. The fourth-order valence-electron chi connectivity index (χ4n) is 4.59. The fourth-order valence-corrected chi connectivity index (χ4v) is 5.01. The molecular weight excluding hydrogens is 346 g/mol. The van der Waals surface area contributed by atoms with Gasteiger partial charge in [-0.1, -0.05) is 52.3 Å². The van der Waals surface area contributed by atoms with E-state index in [0.29, 0.717) is 12.1 Å². The molecule has 0 spiro atoms. The fraction of sp³-hybridized carbons (Fsp3) is 0.429. The van der Waals surface area contributed by atoms with Crippen molar-refractivity contribution >= 4 is 15.9 Å². The summed E-state index contributed by atoms with van der Waals surface area (Å²) in [6.45, 7) is 3.61. The summed E-state index contributed by atoms with van der Waals surface area (Å²) < 4.78 is 1.18. The van der Waals surface area contributed by atoms with Crippen molar-refractivity contribution < 1.29 is 0 Å². The third kappa shape index (κ3) is 2.99. The molecule has 0 amide bonds. The summed E-state index contributed by atoms with van der Waals surface area (Å²) in [5.41, 5.74) is 4.59. The third-order valence-corrected chi connectivity index (χ3v) is 6.31. The summed E-state index contributed by atoms with van der Waals surface area (Å²) in [6.07, 6.45) is 5.21. The van der Waals surface area contributed by atoms with E-state index >= 15 is 0 Å². The van der Waals surface area contributed by atoms with Crippen LogP contribution in [0.3, 0.4) is 0 Å². The quantitative estimate of drug-likeness (QED) is 0.685. The lowest BCUT2D eigenvalue weighted by atomic mass is 9.74. The average Bonchev–Trinajstić information content (AvgIpc) is 2.59. The Labute approximate surface area is 147 Å². The van der Waals surface area contributed by atoms with Crippen molar-refractivity contribution in [2.45, 2.75) is 44.7 Å². The Kier molecular flexibility index (Phi) is 4.29. The van der Waals surface area contributed by atoms with Crippen LogP contribution in [0.1, 0.15) is 42.5 Å². The Morgan fingerprint density at radius 3 is 2.61 bits per heavy atom. The van der Waals surface area contributed by atoms with E-state index in [0.717, 1.165) is 5.92 Å². The maximum absolute atomic E-state index is 3.63. The molecule has 3 unspecified atom stereocenters. The molecule has 1 heterocycles. The van der Waals surface area contributed by atoms with E-state index in [1.807, 2.05) is 0 Å². The van der Waals surface area contributed by atoms with Crippen molar-refractivity contribution in [1.82, 2.24) is 4.90 Å². The van der Waals surface area contributed by atoms with Crippen LogP contribution in [0, 0.1) is 5.92 Å². The molecule has 2 aliphatic rings. The van der Waals surface area contributed by atoms with E-state index in [1.54, 1.807) is 11.1 Å². The van der Waals surface area contributed by atoms with Crippen molar-refractivity contribution in [2.75, 3.05) is 6.54 Å². The lowest BCUT2D eigenvalue weighted by Gasteiger charge is -2.47. The van der Waals surface area contributed by atoms with Crippen LogP contribution in [0.5, 0.6) is 0 Å². The number of piperidine rings is 1. The highest BCUT2D eigenvalue weighted by molar-refractivity contribution is 9.10. The van der Waals surface area contributed by atoms with Crippen molar-refractivity contribution in [3.05, 3.63) is 69.7 Å². The number of hydrogen-bond donors (Lipinski definition) is 0. The molecule has 0 radical (unpaired) electrons. The minimum absolute atomic E-state index is 0.491. The molecule has 1 aliphatic carbocycles. The van der Waals surface area contributed by atoms with E-state index in [-0.39, 0.29) is 0 Å². The largest absolute Gasteiger partial charge is 0.293 e. The molecule has 1 saturated heterocycles. The van der Waals surface area contributed by atoms with Gasteiger partial charge in [-0.25, -0.2) is 0 Å². The van der Waals surface area contributed by atoms with Crippen LogP contribution in [-0.2, 0) is 12.8 Å². The molecule has 3 atom stereocenters. The smallest absolute Gasteiger partial charge is 0.0323 e. The van der Waals surface area contributed by atoms with Gasteiger partial charge < -0.3 is 0 Å². The Morgan fingerprint density at radius 2 is 1.83 bits per heavy atom. The van der Waals surface area contributed by atoms with E-state index in [9.17, 15) is 0 Å². The summed E-state index contributed by atoms with van der Waals surface area (Å²) in [7, 11) is 0. The zero-order valence-electron chi connectivity index (χ0n) is 13.7. The summed E-state index contributed by atoms with van der Waals surface area (Å²) >= 11 is 3.63. The molecule has 2 aromatic rings. The van der Waals surface area contributed by atoms with E-state index in [2.05, 4.69) is 76.3 Å². The highest BCUT2D eigenvalue weighted by Crippen LogP contribution is 2.39. The van der Waals surface area contributed by atoms with Crippen molar-refractivity contribution in [2.24, 2.45) is 5.92 Å². The summed E-state index contributed by atoms with van der Waals surface area (Å²) in [5, 5.41) is 0. The lowest BCUT2D eigenvalue weighted by molar-refractivity contribution is 0.0511. The Hall–Kier alpha value is -1.12. The van der Waals surface area contributed by atoms with Crippen LogP contribution in [-0.4, -0.2) is 17.5 Å². The number of halogens is 1. The van der Waals surface area contributed by atoms with Gasteiger partial charge in [0, 0.05) is 16.6 Å². The number of likely N-dealkylation sites (tertiary alicyclic amines) is 1. The predicted molar refractivity (Wildman–Crippen MR) is 99.6 cm³/mol. The number of nitrogens with zero attached hydrogens (tertiary/aromatic N) is 1. The first-order chi connectivity index (χ1) is 11.2. The molecule has 1 nitrogen and oxygen atoms in total. The van der Waals surface area contributed by atoms with Crippen molar-refractivity contribution in [3.63, 3.8) is 0 Å². The number of benzene rings is 2. The minimum atomic E-state index is 0.491. The SMILES string of the molecule is CC(c1cccc(Br)c1)N1CCCC2Cc3ccccc3CC21. The maximum Gasteiger partial charge on any atom is 0.0323 e. The molecule has 120 valence electrons. The molecule has 1 aliphatic heterocycles. The van der Waals surface area contributed by atoms with Gasteiger partial charge in [-0.15, -0.1) is 0 Å². The Bertz CT molecular complexity index is 696. The van der Waals surface area contributed by atoms with E-state index < -0.39 is 0 Å². The summed E-state index contributed by atoms with van der Waals surface area (Å²) in [5.74, 6) is 0.827. The van der Waals surface area contributed by atoms with Crippen LogP contribution >= 0.6 is 15.9 Å². The van der Waals surface area contributed by atoms with Gasteiger partial charge in [-0.3, -0.25) is 4.90 Å². The molecule has 1 fully saturated rings. The van der Waals surface area contributed by atoms with Crippen LogP contribution in [0.25, 0.3) is 0 Å².